The highest BCUT2D eigenvalue weighted by atomic mass is 16.3. The lowest BCUT2D eigenvalue weighted by molar-refractivity contribution is 0.102. The number of phenols is 1. The number of carbonyl (C=O) groups excluding carboxylic acids is 1. The molecule has 0 radical (unpaired) electrons. The second-order valence-corrected chi connectivity index (χ2v) is 4.87. The van der Waals surface area contributed by atoms with E-state index in [2.05, 4.69) is 10.6 Å². The van der Waals surface area contributed by atoms with E-state index in [-0.39, 0.29) is 11.7 Å². The van der Waals surface area contributed by atoms with E-state index in [1.54, 1.807) is 18.2 Å². The lowest BCUT2D eigenvalue weighted by atomic mass is 10.0. The first-order valence-corrected chi connectivity index (χ1v) is 6.70. The van der Waals surface area contributed by atoms with Crippen LogP contribution >= 0.6 is 0 Å². The van der Waals surface area contributed by atoms with Crippen molar-refractivity contribution in [2.24, 2.45) is 0 Å². The standard InChI is InChI=1S/C16H16N2O2/c19-12-5-1-4-11(10-12)16(20)18-15-8-2-7-14-13(15)6-3-9-17-14/h1-2,4-5,7-8,10,17,19H,3,6,9H2,(H,18,20). The molecule has 0 aromatic heterocycles. The molecule has 2 aromatic rings. The van der Waals surface area contributed by atoms with Gasteiger partial charge in [-0.15, -0.1) is 0 Å². The van der Waals surface area contributed by atoms with Crippen molar-refractivity contribution in [1.82, 2.24) is 0 Å². The largest absolute Gasteiger partial charge is 0.508 e. The molecule has 0 saturated heterocycles. The highest BCUT2D eigenvalue weighted by molar-refractivity contribution is 6.05. The fourth-order valence-electron chi connectivity index (χ4n) is 2.47. The molecular weight excluding hydrogens is 252 g/mol. The van der Waals surface area contributed by atoms with Crippen molar-refractivity contribution in [3.05, 3.63) is 53.6 Å². The van der Waals surface area contributed by atoms with Gasteiger partial charge in [-0.2, -0.15) is 0 Å². The van der Waals surface area contributed by atoms with Gasteiger partial charge in [-0.1, -0.05) is 12.1 Å². The maximum absolute atomic E-state index is 12.2. The molecule has 0 spiro atoms. The molecule has 0 bridgehead atoms. The van der Waals surface area contributed by atoms with Crippen molar-refractivity contribution in [1.29, 1.82) is 0 Å². The van der Waals surface area contributed by atoms with Crippen LogP contribution in [0.4, 0.5) is 11.4 Å². The van der Waals surface area contributed by atoms with Gasteiger partial charge >= 0.3 is 0 Å². The SMILES string of the molecule is O=C(Nc1cccc2c1CCCN2)c1cccc(O)c1. The van der Waals surface area contributed by atoms with Crippen LogP contribution in [0.25, 0.3) is 0 Å². The van der Waals surface area contributed by atoms with Gasteiger partial charge in [0.05, 0.1) is 0 Å². The van der Waals surface area contributed by atoms with E-state index in [0.29, 0.717) is 5.56 Å². The average Bonchev–Trinajstić information content (AvgIpc) is 2.47. The number of aromatic hydroxyl groups is 1. The lowest BCUT2D eigenvalue weighted by Gasteiger charge is -2.21. The number of hydrogen-bond donors (Lipinski definition) is 3. The minimum atomic E-state index is -0.208. The highest BCUT2D eigenvalue weighted by Crippen LogP contribution is 2.29. The van der Waals surface area contributed by atoms with Gasteiger partial charge in [0.2, 0.25) is 0 Å². The first-order valence-electron chi connectivity index (χ1n) is 6.70. The van der Waals surface area contributed by atoms with Crippen LogP contribution in [0.2, 0.25) is 0 Å². The van der Waals surface area contributed by atoms with E-state index >= 15 is 0 Å². The molecule has 0 aliphatic carbocycles. The number of fused-ring (bicyclic) bond motifs is 1. The molecule has 4 heteroatoms. The van der Waals surface area contributed by atoms with Crippen LogP contribution in [0.15, 0.2) is 42.5 Å². The minimum Gasteiger partial charge on any atom is -0.508 e. The number of anilines is 2. The third kappa shape index (κ3) is 2.45. The molecule has 0 saturated carbocycles. The van der Waals surface area contributed by atoms with Crippen LogP contribution in [-0.2, 0) is 6.42 Å². The Morgan fingerprint density at radius 1 is 1.20 bits per heavy atom. The summed E-state index contributed by atoms with van der Waals surface area (Å²) < 4.78 is 0. The van der Waals surface area contributed by atoms with Gasteiger partial charge in [0.1, 0.15) is 5.75 Å². The zero-order chi connectivity index (χ0) is 13.9. The molecule has 102 valence electrons. The van der Waals surface area contributed by atoms with Crippen molar-refractivity contribution < 1.29 is 9.90 Å². The molecule has 4 nitrogen and oxygen atoms in total. The Kier molecular flexibility index (Phi) is 3.29. The molecule has 1 heterocycles. The van der Waals surface area contributed by atoms with Gasteiger partial charge in [0, 0.05) is 23.5 Å². The highest BCUT2D eigenvalue weighted by Gasteiger charge is 2.14. The fourth-order valence-corrected chi connectivity index (χ4v) is 2.47. The Hall–Kier alpha value is -2.49. The third-order valence-corrected chi connectivity index (χ3v) is 3.45. The topological polar surface area (TPSA) is 61.4 Å². The minimum absolute atomic E-state index is 0.0920. The van der Waals surface area contributed by atoms with Crippen molar-refractivity contribution in [3.8, 4) is 5.75 Å². The summed E-state index contributed by atoms with van der Waals surface area (Å²) in [6, 6.07) is 12.2. The first kappa shape index (κ1) is 12.5. The van der Waals surface area contributed by atoms with Gasteiger partial charge in [-0.25, -0.2) is 0 Å². The Morgan fingerprint density at radius 3 is 2.90 bits per heavy atom. The van der Waals surface area contributed by atoms with Crippen LogP contribution in [0.1, 0.15) is 22.3 Å². The molecule has 1 amide bonds. The Bertz CT molecular complexity index is 653. The summed E-state index contributed by atoms with van der Waals surface area (Å²) >= 11 is 0. The summed E-state index contributed by atoms with van der Waals surface area (Å²) in [6.45, 7) is 0.969. The predicted molar refractivity (Wildman–Crippen MR) is 79.3 cm³/mol. The number of rotatable bonds is 2. The van der Waals surface area contributed by atoms with Crippen LogP contribution in [0, 0.1) is 0 Å². The van der Waals surface area contributed by atoms with Gasteiger partial charge in [0.25, 0.3) is 5.91 Å². The first-order chi connectivity index (χ1) is 9.74. The van der Waals surface area contributed by atoms with E-state index in [1.165, 1.54) is 6.07 Å². The van der Waals surface area contributed by atoms with Crippen LogP contribution in [0.3, 0.4) is 0 Å². The Balaban J connectivity index is 1.86. The molecule has 3 N–H and O–H groups in total. The van der Waals surface area contributed by atoms with E-state index < -0.39 is 0 Å². The van der Waals surface area contributed by atoms with E-state index in [1.807, 2.05) is 18.2 Å². The van der Waals surface area contributed by atoms with Gasteiger partial charge < -0.3 is 15.7 Å². The maximum Gasteiger partial charge on any atom is 0.255 e. The molecule has 3 rings (SSSR count). The molecule has 20 heavy (non-hydrogen) atoms. The smallest absolute Gasteiger partial charge is 0.255 e. The molecule has 1 aliphatic rings. The van der Waals surface area contributed by atoms with Crippen LogP contribution in [0.5, 0.6) is 5.75 Å². The molecule has 0 atom stereocenters. The van der Waals surface area contributed by atoms with Crippen molar-refractivity contribution in [2.45, 2.75) is 12.8 Å². The molecule has 2 aromatic carbocycles. The number of phenolic OH excluding ortho intramolecular Hbond substituents is 1. The monoisotopic (exact) mass is 268 g/mol. The van der Waals surface area contributed by atoms with E-state index in [4.69, 9.17) is 0 Å². The van der Waals surface area contributed by atoms with Gasteiger partial charge in [-0.05, 0) is 48.7 Å². The quantitative estimate of drug-likeness (QED) is 0.784. The van der Waals surface area contributed by atoms with E-state index in [0.717, 1.165) is 36.3 Å². The molecular formula is C16H16N2O2. The average molecular weight is 268 g/mol. The molecule has 0 fully saturated rings. The van der Waals surface area contributed by atoms with Gasteiger partial charge in [0.15, 0.2) is 0 Å². The summed E-state index contributed by atoms with van der Waals surface area (Å²) in [7, 11) is 0. The zero-order valence-corrected chi connectivity index (χ0v) is 11.0. The summed E-state index contributed by atoms with van der Waals surface area (Å²) in [5.41, 5.74) is 3.52. The summed E-state index contributed by atoms with van der Waals surface area (Å²) in [4.78, 5) is 12.2. The predicted octanol–water partition coefficient (Wildman–Crippen LogP) is 3.00. The van der Waals surface area contributed by atoms with Crippen LogP contribution in [-0.4, -0.2) is 17.6 Å². The fraction of sp³-hybridized carbons (Fsp3) is 0.188. The van der Waals surface area contributed by atoms with Crippen LogP contribution < -0.4 is 10.6 Å². The number of hydrogen-bond acceptors (Lipinski definition) is 3. The maximum atomic E-state index is 12.2. The number of nitrogens with one attached hydrogen (secondary N) is 2. The zero-order valence-electron chi connectivity index (χ0n) is 11.0. The van der Waals surface area contributed by atoms with Crippen molar-refractivity contribution >= 4 is 17.3 Å². The van der Waals surface area contributed by atoms with Gasteiger partial charge in [-0.3, -0.25) is 4.79 Å². The molecule has 1 aliphatic heterocycles. The normalized spacial score (nSPS) is 13.2. The summed E-state index contributed by atoms with van der Waals surface area (Å²) in [5, 5.41) is 15.7. The second-order valence-electron chi connectivity index (χ2n) is 4.87. The van der Waals surface area contributed by atoms with E-state index in [9.17, 15) is 9.90 Å². The number of carbonyl (C=O) groups is 1. The Morgan fingerprint density at radius 2 is 2.05 bits per heavy atom. The Labute approximate surface area is 117 Å². The van der Waals surface area contributed by atoms with Crippen molar-refractivity contribution in [2.75, 3.05) is 17.2 Å². The number of amides is 1. The molecule has 0 unspecified atom stereocenters. The lowest BCUT2D eigenvalue weighted by Crippen LogP contribution is -2.17. The van der Waals surface area contributed by atoms with Crippen molar-refractivity contribution in [3.63, 3.8) is 0 Å². The summed E-state index contributed by atoms with van der Waals surface area (Å²) in [6.07, 6.45) is 2.02. The summed E-state index contributed by atoms with van der Waals surface area (Å²) in [5.74, 6) is -0.116. The third-order valence-electron chi connectivity index (χ3n) is 3.45. The number of benzene rings is 2. The second kappa shape index (κ2) is 5.25.